The van der Waals surface area contributed by atoms with Crippen molar-refractivity contribution >= 4 is 0 Å². The molecule has 0 fully saturated rings. The summed E-state index contributed by atoms with van der Waals surface area (Å²) in [6.07, 6.45) is 0. The normalized spacial score (nSPS) is 15.9. The summed E-state index contributed by atoms with van der Waals surface area (Å²) >= 11 is 0. The first-order valence-electron chi connectivity index (χ1n) is 9.63. The van der Waals surface area contributed by atoms with Gasteiger partial charge in [0, 0.05) is 21.1 Å². The van der Waals surface area contributed by atoms with Crippen molar-refractivity contribution in [1.29, 1.82) is 0 Å². The fraction of sp³-hybridized carbons (Fsp3) is 0.0741. The Morgan fingerprint density at radius 2 is 0.964 bits per heavy atom. The van der Waals surface area contributed by atoms with Crippen LogP contribution in [0.4, 0.5) is 0 Å². The number of benzene rings is 4. The quantitative estimate of drug-likeness (QED) is 0.204. The van der Waals surface area contributed by atoms with Crippen LogP contribution in [-0.2, 0) is 26.5 Å². The van der Waals surface area contributed by atoms with Crippen LogP contribution in [0.3, 0.4) is 0 Å². The molecule has 3 aliphatic carbocycles. The van der Waals surface area contributed by atoms with Crippen molar-refractivity contribution in [3.63, 3.8) is 0 Å². The first-order valence-corrected chi connectivity index (χ1v) is 9.63. The third-order valence-electron chi connectivity index (χ3n) is 6.94. The molecular formula is C27H17W-. The molecule has 0 saturated heterocycles. The molecule has 3 aliphatic rings. The molecule has 0 unspecified atom stereocenters. The van der Waals surface area contributed by atoms with Gasteiger partial charge >= 0.3 is 0 Å². The van der Waals surface area contributed by atoms with Gasteiger partial charge in [-0.2, -0.15) is 0 Å². The van der Waals surface area contributed by atoms with E-state index in [0.717, 1.165) is 0 Å². The summed E-state index contributed by atoms with van der Waals surface area (Å²) in [6, 6.07) is 31.6. The minimum atomic E-state index is -0.181. The van der Waals surface area contributed by atoms with Crippen LogP contribution in [0.5, 0.6) is 0 Å². The molecule has 1 heteroatoms. The second-order valence-corrected chi connectivity index (χ2v) is 7.93. The average Bonchev–Trinajstić information content (AvgIpc) is 3.20. The van der Waals surface area contributed by atoms with Crippen LogP contribution in [-0.4, -0.2) is 0 Å². The van der Waals surface area contributed by atoms with Crippen molar-refractivity contribution in [1.82, 2.24) is 0 Å². The summed E-state index contributed by atoms with van der Waals surface area (Å²) in [7, 11) is 0. The van der Waals surface area contributed by atoms with E-state index in [1.807, 2.05) is 0 Å². The van der Waals surface area contributed by atoms with Gasteiger partial charge < -0.3 is 6.92 Å². The van der Waals surface area contributed by atoms with Crippen molar-refractivity contribution in [3.8, 4) is 22.3 Å². The molecule has 0 radical (unpaired) electrons. The van der Waals surface area contributed by atoms with Gasteiger partial charge in [-0.05, 0) is 44.5 Å². The van der Waals surface area contributed by atoms with Crippen molar-refractivity contribution in [2.45, 2.75) is 11.3 Å². The van der Waals surface area contributed by atoms with Crippen LogP contribution in [0.2, 0.25) is 0 Å². The van der Waals surface area contributed by atoms with E-state index >= 15 is 0 Å². The van der Waals surface area contributed by atoms with Crippen LogP contribution in [0.1, 0.15) is 39.3 Å². The van der Waals surface area contributed by atoms with Crippen molar-refractivity contribution in [2.24, 2.45) is 0 Å². The van der Waals surface area contributed by atoms with Crippen molar-refractivity contribution < 1.29 is 21.1 Å². The van der Waals surface area contributed by atoms with E-state index < -0.39 is 0 Å². The maximum absolute atomic E-state index is 4.61. The average molecular weight is 525 g/mol. The van der Waals surface area contributed by atoms with E-state index in [0.29, 0.717) is 0 Å². The zero-order chi connectivity index (χ0) is 17.8. The summed E-state index contributed by atoms with van der Waals surface area (Å²) < 4.78 is 0. The molecule has 28 heavy (non-hydrogen) atoms. The minimum Gasteiger partial charge on any atom is -0.332 e. The van der Waals surface area contributed by atoms with Crippen molar-refractivity contribution in [3.05, 3.63) is 125 Å². The summed E-state index contributed by atoms with van der Waals surface area (Å²) in [6.45, 7) is 4.61. The van der Waals surface area contributed by atoms with Crippen LogP contribution in [0, 0.1) is 6.92 Å². The van der Waals surface area contributed by atoms with E-state index in [2.05, 4.69) is 91.9 Å². The van der Waals surface area contributed by atoms with Crippen LogP contribution >= 0.6 is 0 Å². The molecule has 0 aliphatic heterocycles. The van der Waals surface area contributed by atoms with Gasteiger partial charge in [0.1, 0.15) is 0 Å². The Balaban J connectivity index is 0.00000156. The van der Waals surface area contributed by atoms with E-state index in [1.54, 1.807) is 0 Å². The summed E-state index contributed by atoms with van der Waals surface area (Å²) in [5, 5.41) is 0. The molecule has 132 valence electrons. The molecule has 0 saturated carbocycles. The molecule has 4 aromatic carbocycles. The SMILES string of the molecule is [CH2-]C1c2cccc3c2C2(c4ccccc4-3)c3ccccc3-c3cccc1c32.[W]. The van der Waals surface area contributed by atoms with Gasteiger partial charge in [0.05, 0.1) is 5.41 Å². The molecule has 0 amide bonds. The molecule has 0 N–H and O–H groups in total. The van der Waals surface area contributed by atoms with Crippen LogP contribution in [0.25, 0.3) is 22.3 Å². The summed E-state index contributed by atoms with van der Waals surface area (Å²) in [5.74, 6) is 0.173. The molecule has 1 spiro atoms. The van der Waals surface area contributed by atoms with Gasteiger partial charge in [0.2, 0.25) is 0 Å². The second kappa shape index (κ2) is 5.34. The fourth-order valence-electron chi connectivity index (χ4n) is 6.07. The van der Waals surface area contributed by atoms with Gasteiger partial charge in [-0.25, -0.2) is 0 Å². The van der Waals surface area contributed by atoms with Gasteiger partial charge in [0.25, 0.3) is 0 Å². The molecule has 0 heterocycles. The molecule has 0 atom stereocenters. The molecule has 4 aromatic rings. The molecule has 7 rings (SSSR count). The van der Waals surface area contributed by atoms with Gasteiger partial charge in [-0.3, -0.25) is 0 Å². The third kappa shape index (κ3) is 1.57. The number of hydrogen-bond donors (Lipinski definition) is 0. The Labute approximate surface area is 179 Å². The topological polar surface area (TPSA) is 0 Å². The van der Waals surface area contributed by atoms with Gasteiger partial charge in [0.15, 0.2) is 0 Å². The molecular weight excluding hydrogens is 508 g/mol. The molecule has 0 bridgehead atoms. The number of rotatable bonds is 0. The van der Waals surface area contributed by atoms with Gasteiger partial charge in [-0.15, -0.1) is 5.92 Å². The smallest absolute Gasteiger partial charge is 0.0729 e. The monoisotopic (exact) mass is 525 g/mol. The standard InChI is InChI=1S/C27H17.W/c1-16-17-10-6-12-21-19-8-2-4-14-23(19)27(25(17)21)24-15-5-3-9-20(24)22-13-7-11-18(16)26(22)27;/h2-16H,1H2;/q-1;. The van der Waals surface area contributed by atoms with Crippen molar-refractivity contribution in [2.75, 3.05) is 0 Å². The van der Waals surface area contributed by atoms with E-state index in [4.69, 9.17) is 0 Å². The predicted octanol–water partition coefficient (Wildman–Crippen LogP) is 6.31. The zero-order valence-corrected chi connectivity index (χ0v) is 18.2. The van der Waals surface area contributed by atoms with Crippen LogP contribution < -0.4 is 0 Å². The summed E-state index contributed by atoms with van der Waals surface area (Å²) in [5.41, 5.74) is 13.9. The Bertz CT molecular complexity index is 1200. The molecule has 0 nitrogen and oxygen atoms in total. The fourth-order valence-corrected chi connectivity index (χ4v) is 6.07. The first-order chi connectivity index (χ1) is 13.3. The van der Waals surface area contributed by atoms with E-state index in [1.165, 1.54) is 55.6 Å². The Morgan fingerprint density at radius 1 is 0.536 bits per heavy atom. The van der Waals surface area contributed by atoms with Crippen LogP contribution in [0.15, 0.2) is 84.9 Å². The Hall–Kier alpha value is -2.43. The predicted molar refractivity (Wildman–Crippen MR) is 110 cm³/mol. The number of fused-ring (bicyclic) bond motifs is 4. The largest absolute Gasteiger partial charge is 0.332 e. The Kier molecular flexibility index (Phi) is 3.15. The minimum absolute atomic E-state index is 0. The van der Waals surface area contributed by atoms with E-state index in [-0.39, 0.29) is 32.4 Å². The van der Waals surface area contributed by atoms with E-state index in [9.17, 15) is 0 Å². The second-order valence-electron chi connectivity index (χ2n) is 7.93. The Morgan fingerprint density at radius 3 is 1.46 bits per heavy atom. The first kappa shape index (κ1) is 16.5. The van der Waals surface area contributed by atoms with Gasteiger partial charge in [-0.1, -0.05) is 96.1 Å². The third-order valence-corrected chi connectivity index (χ3v) is 6.94. The zero-order valence-electron chi connectivity index (χ0n) is 15.3. The maximum atomic E-state index is 4.61. The molecule has 0 aromatic heterocycles. The summed E-state index contributed by atoms with van der Waals surface area (Å²) in [4.78, 5) is 0. The maximum Gasteiger partial charge on any atom is 0.0729 e. The number of hydrogen-bond acceptors (Lipinski definition) is 0.